The minimum absolute atomic E-state index is 0.0862. The van der Waals surface area contributed by atoms with Crippen LogP contribution in [0.25, 0.3) is 131 Å². The number of anilines is 7. The van der Waals surface area contributed by atoms with E-state index in [2.05, 4.69) is 306 Å². The number of hydrogen-bond acceptors (Lipinski definition) is 3. The van der Waals surface area contributed by atoms with Crippen LogP contribution in [0.3, 0.4) is 0 Å². The second kappa shape index (κ2) is 19.7. The zero-order valence-corrected chi connectivity index (χ0v) is 52.5. The molecule has 2 saturated heterocycles. The topological polar surface area (TPSA) is 9.72 Å². The van der Waals surface area contributed by atoms with E-state index in [1.807, 2.05) is 0 Å². The predicted molar refractivity (Wildman–Crippen MR) is 405 cm³/mol. The predicted octanol–water partition coefficient (Wildman–Crippen LogP) is 22.3. The van der Waals surface area contributed by atoms with Crippen molar-refractivity contribution in [3.63, 3.8) is 0 Å². The number of fused-ring (bicyclic) bond motifs is 8. The fourth-order valence-corrected chi connectivity index (χ4v) is 19.6. The number of hydrogen-bond donors (Lipinski definition) is 0. The Kier molecular flexibility index (Phi) is 10.8. The van der Waals surface area contributed by atoms with Gasteiger partial charge in [-0.05, 0) is 240 Å². The normalized spacial score (nSPS) is 17.8. The summed E-state index contributed by atoms with van der Waals surface area (Å²) in [5.41, 5.74) is 22.4. The minimum atomic E-state index is -0.0862. The Labute approximate surface area is 552 Å². The van der Waals surface area contributed by atoms with Gasteiger partial charge in [-0.2, -0.15) is 0 Å². The van der Waals surface area contributed by atoms with Crippen LogP contribution in [0, 0.1) is 11.8 Å². The van der Waals surface area contributed by atoms with Gasteiger partial charge in [0.1, 0.15) is 0 Å². The highest BCUT2D eigenvalue weighted by Crippen LogP contribution is 2.55. The molecular formula is C91H62BN3. The van der Waals surface area contributed by atoms with Crippen LogP contribution in [0.15, 0.2) is 291 Å². The summed E-state index contributed by atoms with van der Waals surface area (Å²) < 4.78 is 0. The van der Waals surface area contributed by atoms with Crippen molar-refractivity contribution in [2.24, 2.45) is 11.8 Å². The first kappa shape index (κ1) is 52.3. The van der Waals surface area contributed by atoms with E-state index in [0.29, 0.717) is 12.1 Å². The fourth-order valence-electron chi connectivity index (χ4n) is 19.6. The molecule has 17 aromatic carbocycles. The fraction of sp³-hybridized carbons (Fsp3) is 0.0989. The summed E-state index contributed by atoms with van der Waals surface area (Å²) >= 11 is 0. The van der Waals surface area contributed by atoms with Crippen LogP contribution in [-0.4, -0.2) is 18.8 Å². The maximum Gasteiger partial charge on any atom is 0.252 e. The molecule has 4 heteroatoms. The van der Waals surface area contributed by atoms with E-state index in [4.69, 9.17) is 0 Å². The standard InChI is InChI=1S/C91H62BN3/c1-3-13-56(14-4-1)58-29-35-64(36-30-58)94-83-50-62(69-39-41-79-75-23-9-19-60-17-7-21-73(87(60)75)77-27-11-25-71(69)89(77)79)33-43-81(83)92-82-44-34-63(70-40-42-80-76-24-10-20-61-18-8-22-74(88(61)76)78-28-12-26-72(70)90(78)80)51-84(82)95(65-37-31-59(32-38-65)57-15-5-2-6-16-57)86-53-68(52-85(94)91(86)92)93-66-46-54-45-55(48-66)49-67(93)47-54/h1-44,50-55,66-67H,45-49H2. The monoisotopic (exact) mass is 1210 g/mol. The van der Waals surface area contributed by atoms with Gasteiger partial charge in [-0.3, -0.25) is 0 Å². The molecular weight excluding hydrogens is 1150 g/mol. The van der Waals surface area contributed by atoms with Crippen LogP contribution in [-0.2, 0) is 0 Å². The van der Waals surface area contributed by atoms with Crippen molar-refractivity contribution in [1.82, 2.24) is 0 Å². The average molecular weight is 1210 g/mol. The molecule has 23 rings (SSSR count). The van der Waals surface area contributed by atoms with Gasteiger partial charge in [-0.25, -0.2) is 0 Å². The summed E-state index contributed by atoms with van der Waals surface area (Å²) in [7, 11) is 0. The SMILES string of the molecule is c1ccc(-c2ccc(N3c4cc(-c5ccc6c7cccc8cccc(c9cccc5c96)c87)ccc4B4c5ccc(-c6ccc7c8cccc9cccc(c%10cccc6c%107)c98)cc5N(c5ccc(-c6ccccc6)cc5)c5cc(N6C7CC8CC(C7)CC6C8)cc3c54)cc2)cc1. The molecule has 95 heavy (non-hydrogen) atoms. The van der Waals surface area contributed by atoms with Gasteiger partial charge in [0.25, 0.3) is 6.71 Å². The molecule has 4 aliphatic heterocycles. The molecule has 0 amide bonds. The van der Waals surface area contributed by atoms with Crippen LogP contribution in [0.2, 0.25) is 0 Å². The molecule has 0 aromatic heterocycles. The molecule has 2 saturated carbocycles. The van der Waals surface area contributed by atoms with E-state index >= 15 is 0 Å². The van der Waals surface area contributed by atoms with Gasteiger partial charge in [-0.15, -0.1) is 0 Å². The van der Waals surface area contributed by atoms with Crippen molar-refractivity contribution in [3.8, 4) is 44.5 Å². The summed E-state index contributed by atoms with van der Waals surface area (Å²) in [5, 5.41) is 21.0. The average Bonchev–Trinajstić information content (AvgIpc) is 0.699. The van der Waals surface area contributed by atoms with Crippen molar-refractivity contribution < 1.29 is 0 Å². The molecule has 0 atom stereocenters. The molecule has 0 unspecified atom stereocenters. The third-order valence-corrected chi connectivity index (χ3v) is 23.4. The van der Waals surface area contributed by atoms with E-state index < -0.39 is 0 Å². The van der Waals surface area contributed by atoms with Gasteiger partial charge in [-0.1, -0.05) is 243 Å². The van der Waals surface area contributed by atoms with Crippen molar-refractivity contribution in [1.29, 1.82) is 0 Å². The third kappa shape index (κ3) is 7.48. The highest BCUT2D eigenvalue weighted by molar-refractivity contribution is 7.00. The van der Waals surface area contributed by atoms with Crippen molar-refractivity contribution in [2.75, 3.05) is 14.7 Å². The lowest BCUT2D eigenvalue weighted by Crippen LogP contribution is -2.62. The quantitative estimate of drug-likeness (QED) is 0.0895. The highest BCUT2D eigenvalue weighted by atomic mass is 15.2. The zero-order valence-electron chi connectivity index (χ0n) is 52.5. The highest BCUT2D eigenvalue weighted by Gasteiger charge is 2.49. The Bertz CT molecular complexity index is 5580. The molecule has 0 N–H and O–H groups in total. The number of benzene rings is 17. The lowest BCUT2D eigenvalue weighted by Gasteiger charge is -2.58. The summed E-state index contributed by atoms with van der Waals surface area (Å²) in [6.45, 7) is -0.0862. The summed E-state index contributed by atoms with van der Waals surface area (Å²) in [6, 6.07) is 113. The Morgan fingerprint density at radius 3 is 1.03 bits per heavy atom. The zero-order chi connectivity index (χ0) is 61.7. The molecule has 4 fully saturated rings. The first-order valence-corrected chi connectivity index (χ1v) is 34.4. The summed E-state index contributed by atoms with van der Waals surface area (Å²) in [6.07, 6.45) is 6.52. The van der Waals surface area contributed by atoms with Crippen LogP contribution in [0.5, 0.6) is 0 Å². The Hall–Kier alpha value is -11.2. The Morgan fingerprint density at radius 2 is 0.611 bits per heavy atom. The Morgan fingerprint density at radius 1 is 0.253 bits per heavy atom. The van der Waals surface area contributed by atoms with Gasteiger partial charge < -0.3 is 14.7 Å². The molecule has 4 bridgehead atoms. The lowest BCUT2D eigenvalue weighted by atomic mass is 9.33. The number of piperidine rings is 2. The van der Waals surface area contributed by atoms with Crippen molar-refractivity contribution >= 4 is 149 Å². The molecule has 2 aliphatic carbocycles. The van der Waals surface area contributed by atoms with Crippen LogP contribution < -0.4 is 31.1 Å². The van der Waals surface area contributed by atoms with Gasteiger partial charge in [0.15, 0.2) is 0 Å². The van der Waals surface area contributed by atoms with Crippen molar-refractivity contribution in [3.05, 3.63) is 291 Å². The third-order valence-electron chi connectivity index (χ3n) is 23.4. The number of nitrogens with zero attached hydrogens (tertiary/aromatic N) is 3. The second-order valence-electron chi connectivity index (χ2n) is 28.2. The van der Waals surface area contributed by atoms with Crippen LogP contribution in [0.4, 0.5) is 39.8 Å². The van der Waals surface area contributed by atoms with Crippen LogP contribution >= 0.6 is 0 Å². The smallest absolute Gasteiger partial charge is 0.252 e. The minimum Gasteiger partial charge on any atom is -0.365 e. The second-order valence-corrected chi connectivity index (χ2v) is 28.2. The van der Waals surface area contributed by atoms with E-state index in [-0.39, 0.29) is 6.71 Å². The van der Waals surface area contributed by atoms with E-state index in [1.54, 1.807) is 0 Å². The van der Waals surface area contributed by atoms with Gasteiger partial charge in [0, 0.05) is 51.9 Å². The molecule has 4 heterocycles. The molecule has 6 aliphatic rings. The summed E-state index contributed by atoms with van der Waals surface area (Å²) in [5.74, 6) is 1.64. The van der Waals surface area contributed by atoms with Crippen LogP contribution in [0.1, 0.15) is 32.1 Å². The summed E-state index contributed by atoms with van der Waals surface area (Å²) in [4.78, 5) is 8.29. The largest absolute Gasteiger partial charge is 0.365 e. The van der Waals surface area contributed by atoms with Gasteiger partial charge in [0.05, 0.1) is 0 Å². The van der Waals surface area contributed by atoms with E-state index in [0.717, 1.165) is 23.2 Å². The maximum absolute atomic E-state index is 2.94. The van der Waals surface area contributed by atoms with Gasteiger partial charge >= 0.3 is 0 Å². The molecule has 17 aromatic rings. The molecule has 0 radical (unpaired) electrons. The van der Waals surface area contributed by atoms with Crippen molar-refractivity contribution in [2.45, 2.75) is 44.2 Å². The Balaban J connectivity index is 0.814. The first-order valence-electron chi connectivity index (χ1n) is 34.4. The number of rotatable bonds is 7. The lowest BCUT2D eigenvalue weighted by molar-refractivity contribution is 0.0900. The van der Waals surface area contributed by atoms with Gasteiger partial charge in [0.2, 0.25) is 0 Å². The molecule has 3 nitrogen and oxygen atoms in total. The van der Waals surface area contributed by atoms with E-state index in [1.165, 1.54) is 208 Å². The first-order chi connectivity index (χ1) is 47.1. The maximum atomic E-state index is 2.94. The van der Waals surface area contributed by atoms with E-state index in [9.17, 15) is 0 Å². The molecule has 0 spiro atoms. The molecule has 444 valence electrons.